The van der Waals surface area contributed by atoms with Crippen molar-refractivity contribution in [2.24, 2.45) is 0 Å². The summed E-state index contributed by atoms with van der Waals surface area (Å²) < 4.78 is 46.4. The number of alkyl halides is 3. The van der Waals surface area contributed by atoms with Crippen LogP contribution in [0.4, 0.5) is 13.2 Å². The van der Waals surface area contributed by atoms with Crippen molar-refractivity contribution in [2.75, 3.05) is 0 Å². The quantitative estimate of drug-likeness (QED) is 0.496. The molecule has 3 aromatic rings. The van der Waals surface area contributed by atoms with Crippen LogP contribution in [0.25, 0.3) is 11.0 Å². The normalized spacial score (nSPS) is 16.6. The number of halogens is 3. The molecule has 1 aromatic heterocycles. The summed E-state index contributed by atoms with van der Waals surface area (Å²) in [5.41, 5.74) is -0.332. The molecule has 9 heteroatoms. The van der Waals surface area contributed by atoms with E-state index >= 15 is 0 Å². The van der Waals surface area contributed by atoms with Crippen molar-refractivity contribution in [3.63, 3.8) is 0 Å². The predicted octanol–water partition coefficient (Wildman–Crippen LogP) is 4.45. The summed E-state index contributed by atoms with van der Waals surface area (Å²) in [4.78, 5) is 41.6. The van der Waals surface area contributed by atoms with Crippen LogP contribution in [-0.4, -0.2) is 27.4 Å². The molecule has 0 spiro atoms. The lowest BCUT2D eigenvalue weighted by Gasteiger charge is -2.20. The van der Waals surface area contributed by atoms with Crippen LogP contribution in [0.3, 0.4) is 0 Å². The first-order valence-electron chi connectivity index (χ1n) is 11.1. The van der Waals surface area contributed by atoms with E-state index in [2.05, 4.69) is 4.98 Å². The zero-order valence-corrected chi connectivity index (χ0v) is 18.3. The fourth-order valence-electron chi connectivity index (χ4n) is 4.08. The monoisotopic (exact) mass is 472 g/mol. The second-order valence-electron chi connectivity index (χ2n) is 8.33. The summed E-state index contributed by atoms with van der Waals surface area (Å²) in [5.74, 6) is -0.756. The highest BCUT2D eigenvalue weighted by atomic mass is 19.4. The number of nitrogens with zero attached hydrogens (tertiary/aromatic N) is 2. The molecule has 1 heterocycles. The molecule has 0 amide bonds. The Morgan fingerprint density at radius 1 is 1.09 bits per heavy atom. The molecule has 0 bridgehead atoms. The molecular formula is C25H23F3N2O4. The van der Waals surface area contributed by atoms with E-state index in [1.165, 1.54) is 10.6 Å². The third-order valence-electron chi connectivity index (χ3n) is 5.86. The van der Waals surface area contributed by atoms with Gasteiger partial charge in [-0.3, -0.25) is 14.4 Å². The van der Waals surface area contributed by atoms with Crippen molar-refractivity contribution in [1.82, 2.24) is 9.55 Å². The van der Waals surface area contributed by atoms with Gasteiger partial charge < -0.3 is 9.30 Å². The van der Waals surface area contributed by atoms with Gasteiger partial charge in [0.05, 0.1) is 29.6 Å². The second kappa shape index (κ2) is 9.79. The summed E-state index contributed by atoms with van der Waals surface area (Å²) in [7, 11) is 0. The number of aryl methyl sites for hydroxylation is 1. The molecule has 1 aliphatic carbocycles. The molecule has 0 aliphatic heterocycles. The maximum atomic E-state index is 13.3. The molecule has 4 rings (SSSR count). The van der Waals surface area contributed by atoms with Crippen molar-refractivity contribution >= 4 is 22.8 Å². The minimum atomic E-state index is -4.56. The van der Waals surface area contributed by atoms with E-state index in [4.69, 9.17) is 4.74 Å². The summed E-state index contributed by atoms with van der Waals surface area (Å²) >= 11 is 0. The smallest absolute Gasteiger partial charge is 0.416 e. The molecule has 0 radical (unpaired) electrons. The molecule has 0 N–H and O–H groups in total. The SMILES string of the molecule is O=C(CCc1nc2cc(C(F)(F)F)ccc2n(Cc2ccccc2)c1=O)OC1CCCCC1=O. The zero-order chi connectivity index (χ0) is 24.3. The Morgan fingerprint density at radius 2 is 1.85 bits per heavy atom. The van der Waals surface area contributed by atoms with Crippen molar-refractivity contribution < 1.29 is 27.5 Å². The molecular weight excluding hydrogens is 449 g/mol. The third kappa shape index (κ3) is 5.35. The number of benzene rings is 2. The van der Waals surface area contributed by atoms with Crippen LogP contribution in [-0.2, 0) is 33.5 Å². The summed E-state index contributed by atoms with van der Waals surface area (Å²) in [6.07, 6.45) is -3.24. The van der Waals surface area contributed by atoms with Gasteiger partial charge in [0.2, 0.25) is 0 Å². The van der Waals surface area contributed by atoms with Gasteiger partial charge in [0.25, 0.3) is 5.56 Å². The largest absolute Gasteiger partial charge is 0.454 e. The molecule has 2 aromatic carbocycles. The number of carbonyl (C=O) groups excluding carboxylic acids is 2. The molecule has 1 atom stereocenters. The van der Waals surface area contributed by atoms with Crippen LogP contribution < -0.4 is 5.56 Å². The molecule has 1 aliphatic rings. The van der Waals surface area contributed by atoms with Crippen LogP contribution in [0.2, 0.25) is 0 Å². The highest BCUT2D eigenvalue weighted by Gasteiger charge is 2.31. The average Bonchev–Trinajstić information content (AvgIpc) is 2.81. The van der Waals surface area contributed by atoms with E-state index in [0.717, 1.165) is 30.5 Å². The van der Waals surface area contributed by atoms with E-state index in [1.54, 1.807) is 24.3 Å². The molecule has 6 nitrogen and oxygen atoms in total. The Hall–Kier alpha value is -3.49. The Kier molecular flexibility index (Phi) is 6.81. The number of carbonyl (C=O) groups is 2. The number of ketones is 1. The summed E-state index contributed by atoms with van der Waals surface area (Å²) in [6, 6.07) is 12.1. The van der Waals surface area contributed by atoms with Crippen LogP contribution in [0.1, 0.15) is 48.9 Å². The maximum absolute atomic E-state index is 13.3. The predicted molar refractivity (Wildman–Crippen MR) is 118 cm³/mol. The van der Waals surface area contributed by atoms with Gasteiger partial charge in [-0.05, 0) is 43.0 Å². The topological polar surface area (TPSA) is 78.3 Å². The van der Waals surface area contributed by atoms with Gasteiger partial charge in [0.1, 0.15) is 5.69 Å². The van der Waals surface area contributed by atoms with E-state index in [0.29, 0.717) is 12.8 Å². The van der Waals surface area contributed by atoms with Gasteiger partial charge in [-0.2, -0.15) is 13.2 Å². The Balaban J connectivity index is 1.64. The highest BCUT2D eigenvalue weighted by Crippen LogP contribution is 2.31. The van der Waals surface area contributed by atoms with Gasteiger partial charge in [-0.15, -0.1) is 0 Å². The number of hydrogen-bond donors (Lipinski definition) is 0. The molecule has 1 unspecified atom stereocenters. The molecule has 34 heavy (non-hydrogen) atoms. The number of aromatic nitrogens is 2. The summed E-state index contributed by atoms with van der Waals surface area (Å²) in [5, 5.41) is 0. The first-order chi connectivity index (χ1) is 16.2. The Morgan fingerprint density at radius 3 is 2.56 bits per heavy atom. The van der Waals surface area contributed by atoms with Gasteiger partial charge in [-0.25, -0.2) is 4.98 Å². The van der Waals surface area contributed by atoms with Crippen molar-refractivity contribution in [1.29, 1.82) is 0 Å². The minimum absolute atomic E-state index is 0.0104. The lowest BCUT2D eigenvalue weighted by Crippen LogP contribution is -2.31. The van der Waals surface area contributed by atoms with Crippen LogP contribution in [0, 0.1) is 0 Å². The zero-order valence-electron chi connectivity index (χ0n) is 18.3. The van der Waals surface area contributed by atoms with Gasteiger partial charge in [0.15, 0.2) is 11.9 Å². The number of fused-ring (bicyclic) bond motifs is 1. The van der Waals surface area contributed by atoms with Gasteiger partial charge in [-0.1, -0.05) is 30.3 Å². The fraction of sp³-hybridized carbons (Fsp3) is 0.360. The molecule has 178 valence electrons. The van der Waals surface area contributed by atoms with E-state index in [1.807, 2.05) is 6.07 Å². The van der Waals surface area contributed by atoms with Crippen LogP contribution in [0.15, 0.2) is 53.3 Å². The van der Waals surface area contributed by atoms with E-state index in [-0.39, 0.29) is 41.9 Å². The molecule has 0 saturated heterocycles. The number of rotatable bonds is 6. The third-order valence-corrected chi connectivity index (χ3v) is 5.86. The summed E-state index contributed by atoms with van der Waals surface area (Å²) in [6.45, 7) is 0.137. The van der Waals surface area contributed by atoms with Gasteiger partial charge in [0, 0.05) is 12.8 Å². The molecule has 1 saturated carbocycles. The maximum Gasteiger partial charge on any atom is 0.416 e. The molecule has 1 fully saturated rings. The van der Waals surface area contributed by atoms with Crippen LogP contribution >= 0.6 is 0 Å². The number of ether oxygens (including phenoxy) is 1. The average molecular weight is 472 g/mol. The number of esters is 1. The fourth-order valence-corrected chi connectivity index (χ4v) is 4.08. The highest BCUT2D eigenvalue weighted by molar-refractivity contribution is 5.86. The standard InChI is InChI=1S/C25H23F3N2O4/c26-25(27,28)17-10-12-20-19(14-17)29-18(24(33)30(20)15-16-6-2-1-3-7-16)11-13-23(32)34-22-9-5-4-8-21(22)31/h1-3,6-7,10,12,14,22H,4-5,8-9,11,13,15H2. The lowest BCUT2D eigenvalue weighted by molar-refractivity contribution is -0.156. The minimum Gasteiger partial charge on any atom is -0.454 e. The van der Waals surface area contributed by atoms with E-state index in [9.17, 15) is 27.6 Å². The van der Waals surface area contributed by atoms with Crippen molar-refractivity contribution in [2.45, 2.75) is 57.3 Å². The van der Waals surface area contributed by atoms with Crippen molar-refractivity contribution in [3.8, 4) is 0 Å². The first-order valence-corrected chi connectivity index (χ1v) is 11.1. The van der Waals surface area contributed by atoms with Crippen molar-refractivity contribution in [3.05, 3.63) is 75.7 Å². The van der Waals surface area contributed by atoms with E-state index < -0.39 is 29.4 Å². The number of hydrogen-bond acceptors (Lipinski definition) is 5. The first kappa shape index (κ1) is 23.7. The van der Waals surface area contributed by atoms with Crippen LogP contribution in [0.5, 0.6) is 0 Å². The van der Waals surface area contributed by atoms with Gasteiger partial charge >= 0.3 is 12.1 Å². The number of Topliss-reactive ketones (excluding diaryl/α,β-unsaturated/α-hetero) is 1. The Labute approximate surface area is 193 Å². The lowest BCUT2D eigenvalue weighted by atomic mass is 9.96. The second-order valence-corrected chi connectivity index (χ2v) is 8.33. The Bertz CT molecular complexity index is 1270.